The van der Waals surface area contributed by atoms with Crippen LogP contribution in [0, 0.1) is 5.92 Å². The lowest BCUT2D eigenvalue weighted by Gasteiger charge is -2.31. The third kappa shape index (κ3) is 7.25. The summed E-state index contributed by atoms with van der Waals surface area (Å²) >= 11 is 0. The monoisotopic (exact) mass is 511 g/mol. The van der Waals surface area contributed by atoms with Crippen LogP contribution in [0.25, 0.3) is 0 Å². The van der Waals surface area contributed by atoms with E-state index in [0.29, 0.717) is 58.1 Å². The molecule has 9 nitrogen and oxygen atoms in total. The van der Waals surface area contributed by atoms with Crippen LogP contribution >= 0.6 is 0 Å². The van der Waals surface area contributed by atoms with Crippen LogP contribution in [0.5, 0.6) is 0 Å². The van der Waals surface area contributed by atoms with Crippen LogP contribution in [0.1, 0.15) is 63.9 Å². The number of Topliss-reactive ketones (excluding diaryl/α,β-unsaturated/α-hetero) is 2. The van der Waals surface area contributed by atoms with E-state index in [9.17, 15) is 24.0 Å². The number of fused-ring (bicyclic) bond motifs is 1. The SMILES string of the molecule is CC1CC(=O)C(CCCCCC(=O)C2CO2)NC(=O)C2CCCN2C(=O)C(Cc2ccccc2)NC1=O. The summed E-state index contributed by atoms with van der Waals surface area (Å²) in [7, 11) is 0. The molecule has 0 spiro atoms. The van der Waals surface area contributed by atoms with Gasteiger partial charge in [-0.05, 0) is 31.2 Å². The Balaban J connectivity index is 1.44. The number of carbonyl (C=O) groups is 5. The van der Waals surface area contributed by atoms with Crippen LogP contribution in [0.15, 0.2) is 30.3 Å². The predicted octanol–water partition coefficient (Wildman–Crippen LogP) is 1.72. The van der Waals surface area contributed by atoms with Gasteiger partial charge in [0.15, 0.2) is 11.6 Å². The normalized spacial score (nSPS) is 28.6. The van der Waals surface area contributed by atoms with E-state index in [1.54, 1.807) is 11.8 Å². The van der Waals surface area contributed by atoms with Crippen LogP contribution in [-0.4, -0.2) is 71.6 Å². The van der Waals surface area contributed by atoms with Crippen LogP contribution in [0.2, 0.25) is 0 Å². The first-order valence-electron chi connectivity index (χ1n) is 13.5. The fourth-order valence-corrected chi connectivity index (χ4v) is 5.20. The van der Waals surface area contributed by atoms with Crippen molar-refractivity contribution < 1.29 is 28.7 Å². The Morgan fingerprint density at radius 3 is 2.46 bits per heavy atom. The minimum Gasteiger partial charge on any atom is -0.365 e. The van der Waals surface area contributed by atoms with Gasteiger partial charge in [-0.15, -0.1) is 0 Å². The first-order valence-corrected chi connectivity index (χ1v) is 13.5. The maximum Gasteiger partial charge on any atom is 0.246 e. The zero-order chi connectivity index (χ0) is 26.4. The van der Waals surface area contributed by atoms with Gasteiger partial charge in [0.05, 0.1) is 12.6 Å². The molecule has 0 aliphatic carbocycles. The topological polar surface area (TPSA) is 125 Å². The van der Waals surface area contributed by atoms with Gasteiger partial charge in [-0.25, -0.2) is 0 Å². The van der Waals surface area contributed by atoms with E-state index >= 15 is 0 Å². The number of hydrogen-bond acceptors (Lipinski definition) is 6. The average Bonchev–Trinajstić information content (AvgIpc) is 3.63. The summed E-state index contributed by atoms with van der Waals surface area (Å²) in [6.07, 6.45) is 4.29. The lowest BCUT2D eigenvalue weighted by Crippen LogP contribution is -2.57. The smallest absolute Gasteiger partial charge is 0.246 e. The maximum atomic E-state index is 13.6. The fourth-order valence-electron chi connectivity index (χ4n) is 5.20. The molecule has 0 radical (unpaired) electrons. The summed E-state index contributed by atoms with van der Waals surface area (Å²) in [5.74, 6) is -1.63. The second-order valence-electron chi connectivity index (χ2n) is 10.5. The lowest BCUT2D eigenvalue weighted by atomic mass is 9.94. The van der Waals surface area contributed by atoms with Gasteiger partial charge in [-0.2, -0.15) is 0 Å². The highest BCUT2D eigenvalue weighted by Crippen LogP contribution is 2.22. The van der Waals surface area contributed by atoms with Crippen LogP contribution in [-0.2, 0) is 35.1 Å². The quantitative estimate of drug-likeness (QED) is 0.384. The summed E-state index contributed by atoms with van der Waals surface area (Å²) < 4.78 is 5.01. The molecule has 0 saturated carbocycles. The summed E-state index contributed by atoms with van der Waals surface area (Å²) in [6.45, 7) is 2.62. The van der Waals surface area contributed by atoms with Crippen LogP contribution in [0.4, 0.5) is 0 Å². The summed E-state index contributed by atoms with van der Waals surface area (Å²) in [5, 5.41) is 5.78. The van der Waals surface area contributed by atoms with Gasteiger partial charge in [0.2, 0.25) is 17.7 Å². The molecule has 3 saturated heterocycles. The zero-order valence-electron chi connectivity index (χ0n) is 21.4. The van der Waals surface area contributed by atoms with Crippen molar-refractivity contribution in [3.63, 3.8) is 0 Å². The maximum absolute atomic E-state index is 13.6. The van der Waals surface area contributed by atoms with Crippen molar-refractivity contribution in [2.45, 2.75) is 88.9 Å². The van der Waals surface area contributed by atoms with Gasteiger partial charge < -0.3 is 20.3 Å². The standard InChI is InChI=1S/C28H37N3O6/c1-18-15-24(33)20(11-6-3-7-13-23(32)25-17-37-25)29-27(35)22-12-8-14-31(22)28(36)21(30-26(18)34)16-19-9-4-2-5-10-19/h2,4-5,9-10,18,20-22,25H,3,6-8,11-17H2,1H3,(H,29,35)(H,30,34). The molecule has 3 fully saturated rings. The lowest BCUT2D eigenvalue weighted by molar-refractivity contribution is -0.143. The molecule has 5 atom stereocenters. The molecule has 3 aliphatic heterocycles. The second kappa shape index (κ2) is 12.4. The van der Waals surface area contributed by atoms with E-state index in [2.05, 4.69) is 10.6 Å². The summed E-state index contributed by atoms with van der Waals surface area (Å²) in [4.78, 5) is 66.4. The van der Waals surface area contributed by atoms with Gasteiger partial charge in [0.1, 0.15) is 18.2 Å². The first kappa shape index (κ1) is 27.0. The van der Waals surface area contributed by atoms with Crippen molar-refractivity contribution in [2.75, 3.05) is 13.2 Å². The minimum atomic E-state index is -0.806. The van der Waals surface area contributed by atoms with E-state index in [1.165, 1.54) is 0 Å². The molecule has 3 amide bonds. The Hall–Kier alpha value is -3.07. The Morgan fingerprint density at radius 1 is 1.00 bits per heavy atom. The van der Waals surface area contributed by atoms with Crippen LogP contribution < -0.4 is 10.6 Å². The van der Waals surface area contributed by atoms with Gasteiger partial charge >= 0.3 is 0 Å². The number of unbranched alkanes of at least 4 members (excludes halogenated alkanes) is 2. The Kier molecular flexibility index (Phi) is 9.08. The molecule has 5 unspecified atom stereocenters. The van der Waals surface area contributed by atoms with E-state index < -0.39 is 24.0 Å². The number of rotatable bonds is 9. The minimum absolute atomic E-state index is 0.0189. The second-order valence-corrected chi connectivity index (χ2v) is 10.5. The number of nitrogens with one attached hydrogen (secondary N) is 2. The number of ether oxygens (including phenoxy) is 1. The Bertz CT molecular complexity index is 1010. The van der Waals surface area contributed by atoms with Crippen molar-refractivity contribution in [3.8, 4) is 0 Å². The van der Waals surface area contributed by atoms with E-state index in [0.717, 1.165) is 12.0 Å². The molecule has 1 aromatic carbocycles. The molecule has 3 heterocycles. The number of carbonyl (C=O) groups excluding carboxylic acids is 5. The third-order valence-electron chi connectivity index (χ3n) is 7.50. The average molecular weight is 512 g/mol. The number of hydrogen-bond donors (Lipinski definition) is 2. The number of nitrogens with zero attached hydrogens (tertiary/aromatic N) is 1. The molecule has 1 aromatic rings. The van der Waals surface area contributed by atoms with Crippen molar-refractivity contribution >= 4 is 29.3 Å². The molecule has 200 valence electrons. The predicted molar refractivity (Wildman–Crippen MR) is 135 cm³/mol. The third-order valence-corrected chi connectivity index (χ3v) is 7.50. The summed E-state index contributed by atoms with van der Waals surface area (Å²) in [6, 6.07) is 7.26. The fraction of sp³-hybridized carbons (Fsp3) is 0.607. The van der Waals surface area contributed by atoms with Crippen molar-refractivity contribution in [1.29, 1.82) is 0 Å². The van der Waals surface area contributed by atoms with Gasteiger partial charge in [0.25, 0.3) is 0 Å². The van der Waals surface area contributed by atoms with Crippen molar-refractivity contribution in [3.05, 3.63) is 35.9 Å². The number of amides is 3. The molecular weight excluding hydrogens is 474 g/mol. The van der Waals surface area contributed by atoms with E-state index in [4.69, 9.17) is 4.74 Å². The molecule has 2 N–H and O–H groups in total. The largest absolute Gasteiger partial charge is 0.365 e. The highest BCUT2D eigenvalue weighted by atomic mass is 16.6. The Morgan fingerprint density at radius 2 is 1.73 bits per heavy atom. The number of epoxide rings is 1. The van der Waals surface area contributed by atoms with Crippen molar-refractivity contribution in [2.24, 2.45) is 5.92 Å². The first-order chi connectivity index (χ1) is 17.8. The molecule has 37 heavy (non-hydrogen) atoms. The molecular formula is C28H37N3O6. The molecule has 3 aliphatic rings. The van der Waals surface area contributed by atoms with E-state index in [-0.39, 0.29) is 41.8 Å². The van der Waals surface area contributed by atoms with Gasteiger partial charge in [0, 0.05) is 31.7 Å². The zero-order valence-corrected chi connectivity index (χ0v) is 21.4. The molecule has 9 heteroatoms. The van der Waals surface area contributed by atoms with Crippen LogP contribution in [0.3, 0.4) is 0 Å². The molecule has 4 rings (SSSR count). The highest BCUT2D eigenvalue weighted by Gasteiger charge is 2.40. The van der Waals surface area contributed by atoms with Gasteiger partial charge in [-0.1, -0.05) is 50.1 Å². The molecule has 0 aromatic heterocycles. The van der Waals surface area contributed by atoms with Crippen molar-refractivity contribution in [1.82, 2.24) is 15.5 Å². The number of ketones is 2. The highest BCUT2D eigenvalue weighted by molar-refractivity contribution is 5.97. The summed E-state index contributed by atoms with van der Waals surface area (Å²) in [5.41, 5.74) is 0.906. The molecule has 0 bridgehead atoms. The van der Waals surface area contributed by atoms with E-state index in [1.807, 2.05) is 30.3 Å². The Labute approximate surface area is 217 Å². The number of benzene rings is 1. The van der Waals surface area contributed by atoms with Gasteiger partial charge in [-0.3, -0.25) is 24.0 Å².